The lowest BCUT2D eigenvalue weighted by Gasteiger charge is -2.17. The molecule has 0 saturated heterocycles. The van der Waals surface area contributed by atoms with E-state index >= 15 is 0 Å². The normalized spacial score (nSPS) is 15.2. The number of aliphatic hydroxyl groups is 6. The van der Waals surface area contributed by atoms with Gasteiger partial charge in [-0.15, -0.1) is 0 Å². The van der Waals surface area contributed by atoms with Gasteiger partial charge in [0, 0.05) is 37.6 Å². The number of rotatable bonds is 17. The highest BCUT2D eigenvalue weighted by Gasteiger charge is 2.18. The summed E-state index contributed by atoms with van der Waals surface area (Å²) in [4.78, 5) is 0. The first kappa shape index (κ1) is 43.7. The summed E-state index contributed by atoms with van der Waals surface area (Å²) in [6, 6.07) is 0. The van der Waals surface area contributed by atoms with Crippen LogP contribution in [0, 0.1) is 17.8 Å². The van der Waals surface area contributed by atoms with Crippen molar-refractivity contribution >= 4 is 14.6 Å². The summed E-state index contributed by atoms with van der Waals surface area (Å²) in [5.41, 5.74) is 0. The molecule has 0 aliphatic rings. The Morgan fingerprint density at radius 3 is 0.784 bits per heavy atom. The van der Waals surface area contributed by atoms with Crippen LogP contribution in [0.1, 0.15) is 99.3 Å². The molecule has 0 aromatic heterocycles. The van der Waals surface area contributed by atoms with Gasteiger partial charge >= 0.3 is 14.6 Å². The summed E-state index contributed by atoms with van der Waals surface area (Å²) < 4.78 is 3.47. The molecule has 0 heterocycles. The smallest absolute Gasteiger partial charge is 0.402 e. The van der Waals surface area contributed by atoms with E-state index in [9.17, 15) is 15.3 Å². The molecule has 6 atom stereocenters. The lowest BCUT2D eigenvalue weighted by molar-refractivity contribution is 0.0580. The van der Waals surface area contributed by atoms with E-state index in [1.54, 1.807) is 0 Å². The number of hydrogen-bond donors (Lipinski definition) is 10. The first-order chi connectivity index (χ1) is 17.4. The van der Waals surface area contributed by atoms with Gasteiger partial charge in [0.2, 0.25) is 0 Å². The molecule has 0 spiro atoms. The third-order valence-electron chi connectivity index (χ3n) is 5.91. The zero-order valence-corrected chi connectivity index (χ0v) is 24.0. The maximum absolute atomic E-state index is 9.35. The van der Waals surface area contributed by atoms with Gasteiger partial charge in [-0.1, -0.05) is 60.8 Å². The molecule has 0 bridgehead atoms. The fourth-order valence-corrected chi connectivity index (χ4v) is 3.27. The number of hydrogen-bond acceptors (Lipinski definition) is 11. The van der Waals surface area contributed by atoms with Gasteiger partial charge in [0.25, 0.3) is 0 Å². The lowest BCUT2D eigenvalue weighted by atomic mass is 9.97. The Morgan fingerprint density at radius 1 is 0.486 bits per heavy atom. The maximum Gasteiger partial charge on any atom is 0.621 e. The Kier molecular flexibility index (Phi) is 37.7. The van der Waals surface area contributed by atoms with Gasteiger partial charge in [-0.3, -0.25) is 0 Å². The average molecular weight is 544 g/mol. The molecule has 0 saturated carbocycles. The predicted octanol–water partition coefficient (Wildman–Crippen LogP) is 0.440. The fourth-order valence-electron chi connectivity index (χ4n) is 3.27. The Morgan fingerprint density at radius 2 is 0.703 bits per heavy atom. The zero-order valence-electron chi connectivity index (χ0n) is 24.0. The third-order valence-corrected chi connectivity index (χ3v) is 5.91. The first-order valence-corrected chi connectivity index (χ1v) is 13.6. The molecule has 0 amide bonds. The molecule has 226 valence electrons. The van der Waals surface area contributed by atoms with Crippen molar-refractivity contribution in [1.82, 2.24) is 0 Å². The minimum absolute atomic E-state index is 0.0833. The van der Waals surface area contributed by atoms with Gasteiger partial charge in [-0.05, 0) is 38.5 Å². The van der Waals surface area contributed by atoms with E-state index in [1.807, 2.05) is 41.5 Å². The van der Waals surface area contributed by atoms with Crippen LogP contribution in [0.25, 0.3) is 0 Å². The second kappa shape index (κ2) is 31.9. The minimum atomic E-state index is -2.13. The van der Waals surface area contributed by atoms with Crippen LogP contribution in [0.5, 0.6) is 0 Å². The van der Waals surface area contributed by atoms with E-state index in [1.165, 1.54) is 0 Å². The van der Waals surface area contributed by atoms with E-state index in [-0.39, 0.29) is 55.9 Å². The highest BCUT2D eigenvalue weighted by atomic mass is 16.7. The van der Waals surface area contributed by atoms with Crippen LogP contribution in [0.3, 0.4) is 0 Å². The highest BCUT2D eigenvalue weighted by molar-refractivity contribution is 6.48. The van der Waals surface area contributed by atoms with Gasteiger partial charge in [0.1, 0.15) is 0 Å². The summed E-state index contributed by atoms with van der Waals surface area (Å²) >= 11 is 0. The molecular weight excluding hydrogens is 486 g/mol. The van der Waals surface area contributed by atoms with Crippen LogP contribution in [0.2, 0.25) is 0 Å². The Balaban J connectivity index is -0.000000198. The van der Waals surface area contributed by atoms with Gasteiger partial charge in [0.05, 0.1) is 18.3 Å². The Hall–Kier alpha value is -0.310. The summed E-state index contributed by atoms with van der Waals surface area (Å²) in [7, 11) is -4.25. The highest BCUT2D eigenvalue weighted by Crippen LogP contribution is 2.13. The molecule has 0 radical (unpaired) electrons. The Bertz CT molecular complexity index is 359. The van der Waals surface area contributed by atoms with Gasteiger partial charge in [-0.25, -0.2) is 0 Å². The van der Waals surface area contributed by atoms with Crippen molar-refractivity contribution < 1.29 is 55.3 Å². The molecule has 10 N–H and O–H groups in total. The van der Waals surface area contributed by atoms with E-state index < -0.39 is 14.6 Å². The van der Waals surface area contributed by atoms with Crippen molar-refractivity contribution in [2.45, 2.75) is 118 Å². The zero-order chi connectivity index (χ0) is 29.8. The van der Waals surface area contributed by atoms with Crippen LogP contribution in [0.15, 0.2) is 0 Å². The molecule has 37 heavy (non-hydrogen) atoms. The molecule has 0 aromatic rings. The lowest BCUT2D eigenvalue weighted by Crippen LogP contribution is -2.28. The van der Waals surface area contributed by atoms with Crippen molar-refractivity contribution in [3.8, 4) is 0 Å². The summed E-state index contributed by atoms with van der Waals surface area (Å²) in [6.07, 6.45) is 7.02. The quantitative estimate of drug-likeness (QED) is 0.114. The molecule has 6 unspecified atom stereocenters. The first-order valence-electron chi connectivity index (χ1n) is 13.6. The standard InChI is InChI=1S/3C8H18O2.B2H4O5/c3*1-3-5-8(10)7(4-2)6-9;3-1(4)7-2(5)6/h3*7-10H,3-6H2,1-2H3;3-6H. The molecule has 13 heteroatoms. The molecule has 0 fully saturated rings. The van der Waals surface area contributed by atoms with Gasteiger partial charge in [0.15, 0.2) is 0 Å². The fraction of sp³-hybridized carbons (Fsp3) is 1.00. The SMILES string of the molecule is CCCC(O)C(CC)CO.CCCC(O)C(CC)CO.CCCC(O)C(CC)CO.OB(O)OB(O)O. The molecule has 0 aliphatic heterocycles. The largest absolute Gasteiger partial charge is 0.621 e. The van der Waals surface area contributed by atoms with Gasteiger partial charge < -0.3 is 55.3 Å². The van der Waals surface area contributed by atoms with Crippen molar-refractivity contribution in [3.05, 3.63) is 0 Å². The van der Waals surface area contributed by atoms with Crippen LogP contribution < -0.4 is 0 Å². The van der Waals surface area contributed by atoms with Crippen LogP contribution in [0.4, 0.5) is 0 Å². The van der Waals surface area contributed by atoms with Gasteiger partial charge in [-0.2, -0.15) is 0 Å². The second-order valence-electron chi connectivity index (χ2n) is 8.91. The summed E-state index contributed by atoms with van der Waals surface area (Å²) in [5, 5.41) is 85.3. The maximum atomic E-state index is 9.35. The van der Waals surface area contributed by atoms with E-state index in [2.05, 4.69) is 4.57 Å². The average Bonchev–Trinajstić information content (AvgIpc) is 2.82. The molecule has 11 nitrogen and oxygen atoms in total. The topological polar surface area (TPSA) is 212 Å². The molecular formula is C24H58B2O11. The molecule has 0 aromatic carbocycles. The second-order valence-corrected chi connectivity index (χ2v) is 8.91. The molecule has 0 rings (SSSR count). The van der Waals surface area contributed by atoms with Crippen molar-refractivity contribution in [2.75, 3.05) is 19.8 Å². The monoisotopic (exact) mass is 544 g/mol. The predicted molar refractivity (Wildman–Crippen MR) is 147 cm³/mol. The van der Waals surface area contributed by atoms with Crippen molar-refractivity contribution in [1.29, 1.82) is 0 Å². The Labute approximate surface area is 225 Å². The van der Waals surface area contributed by atoms with Crippen LogP contribution >= 0.6 is 0 Å². The van der Waals surface area contributed by atoms with E-state index in [4.69, 9.17) is 35.4 Å². The third kappa shape index (κ3) is 30.1. The van der Waals surface area contributed by atoms with Crippen molar-refractivity contribution in [3.63, 3.8) is 0 Å². The minimum Gasteiger partial charge on any atom is -0.402 e. The summed E-state index contributed by atoms with van der Waals surface area (Å²) in [6.45, 7) is 12.4. The van der Waals surface area contributed by atoms with E-state index in [0.717, 1.165) is 57.8 Å². The molecule has 0 aliphatic carbocycles. The van der Waals surface area contributed by atoms with Crippen LogP contribution in [-0.2, 0) is 4.57 Å². The van der Waals surface area contributed by atoms with Crippen LogP contribution in [-0.4, -0.2) is 104 Å². The summed E-state index contributed by atoms with van der Waals surface area (Å²) in [5.74, 6) is 0.250. The van der Waals surface area contributed by atoms with E-state index in [0.29, 0.717) is 0 Å². The van der Waals surface area contributed by atoms with Crippen molar-refractivity contribution in [2.24, 2.45) is 17.8 Å². The number of aliphatic hydroxyl groups excluding tert-OH is 6.